The summed E-state index contributed by atoms with van der Waals surface area (Å²) in [6.45, 7) is 6.84. The minimum atomic E-state index is 0.0129. The van der Waals surface area contributed by atoms with E-state index in [1.807, 2.05) is 0 Å². The average Bonchev–Trinajstić information content (AvgIpc) is 2.19. The van der Waals surface area contributed by atoms with Gasteiger partial charge in [0.15, 0.2) is 0 Å². The van der Waals surface area contributed by atoms with Gasteiger partial charge in [-0.3, -0.25) is 4.90 Å². The number of rotatable bonds is 2. The second kappa shape index (κ2) is 3.23. The third-order valence-electron chi connectivity index (χ3n) is 3.59. The Hall–Kier alpha value is -0.120. The van der Waals surface area contributed by atoms with Gasteiger partial charge in [0.25, 0.3) is 0 Å². The molecule has 2 N–H and O–H groups in total. The Bertz CT molecular complexity index is 185. The fraction of sp³-hybridized carbons (Fsp3) is 1.00. The minimum Gasteiger partial charge on any atom is -0.394 e. The van der Waals surface area contributed by atoms with E-state index >= 15 is 0 Å². The first-order valence-corrected chi connectivity index (χ1v) is 5.28. The SMILES string of the molecule is CC(C)N1CC2(CO)CCC1CN2. The number of hydrogen-bond acceptors (Lipinski definition) is 3. The summed E-state index contributed by atoms with van der Waals surface area (Å²) in [4.78, 5) is 2.52. The molecular formula is C10H20N2O. The van der Waals surface area contributed by atoms with Gasteiger partial charge >= 0.3 is 0 Å². The van der Waals surface area contributed by atoms with Gasteiger partial charge in [-0.15, -0.1) is 0 Å². The van der Waals surface area contributed by atoms with Gasteiger partial charge in [0.1, 0.15) is 0 Å². The summed E-state index contributed by atoms with van der Waals surface area (Å²) in [6.07, 6.45) is 2.38. The van der Waals surface area contributed by atoms with Crippen molar-refractivity contribution in [1.29, 1.82) is 0 Å². The summed E-state index contributed by atoms with van der Waals surface area (Å²) >= 11 is 0. The number of nitrogens with one attached hydrogen (secondary N) is 1. The topological polar surface area (TPSA) is 35.5 Å². The highest BCUT2D eigenvalue weighted by molar-refractivity contribution is 5.04. The number of hydrogen-bond donors (Lipinski definition) is 2. The molecule has 0 saturated carbocycles. The maximum Gasteiger partial charge on any atom is 0.0625 e. The fourth-order valence-corrected chi connectivity index (χ4v) is 2.65. The molecule has 3 saturated heterocycles. The van der Waals surface area contributed by atoms with Gasteiger partial charge in [0.2, 0.25) is 0 Å². The van der Waals surface area contributed by atoms with E-state index in [0.717, 1.165) is 19.5 Å². The lowest BCUT2D eigenvalue weighted by Gasteiger charge is -2.54. The summed E-state index contributed by atoms with van der Waals surface area (Å²) in [6, 6.07) is 1.31. The van der Waals surface area contributed by atoms with Crippen molar-refractivity contribution < 1.29 is 5.11 Å². The summed E-state index contributed by atoms with van der Waals surface area (Å²) in [7, 11) is 0. The molecule has 13 heavy (non-hydrogen) atoms. The maximum atomic E-state index is 9.38. The summed E-state index contributed by atoms with van der Waals surface area (Å²) in [5.41, 5.74) is 0.0129. The van der Waals surface area contributed by atoms with Gasteiger partial charge in [-0.05, 0) is 26.7 Å². The fourth-order valence-electron chi connectivity index (χ4n) is 2.65. The number of aliphatic hydroxyl groups excluding tert-OH is 1. The monoisotopic (exact) mass is 184 g/mol. The van der Waals surface area contributed by atoms with E-state index in [-0.39, 0.29) is 12.1 Å². The smallest absolute Gasteiger partial charge is 0.0625 e. The molecule has 3 heterocycles. The summed E-state index contributed by atoms with van der Waals surface area (Å²) in [5, 5.41) is 12.9. The maximum absolute atomic E-state index is 9.38. The molecule has 2 bridgehead atoms. The van der Waals surface area contributed by atoms with Crippen LogP contribution < -0.4 is 5.32 Å². The molecule has 0 aromatic rings. The van der Waals surface area contributed by atoms with Crippen LogP contribution in [0.4, 0.5) is 0 Å². The van der Waals surface area contributed by atoms with E-state index in [2.05, 4.69) is 24.1 Å². The molecule has 0 aliphatic carbocycles. The Morgan fingerprint density at radius 2 is 2.38 bits per heavy atom. The van der Waals surface area contributed by atoms with Crippen molar-refractivity contribution in [1.82, 2.24) is 10.2 Å². The Morgan fingerprint density at radius 3 is 2.85 bits per heavy atom. The van der Waals surface area contributed by atoms with Gasteiger partial charge in [0, 0.05) is 25.2 Å². The normalized spacial score (nSPS) is 40.2. The zero-order valence-electron chi connectivity index (χ0n) is 8.58. The van der Waals surface area contributed by atoms with E-state index in [9.17, 15) is 5.11 Å². The Labute approximate surface area is 80.1 Å². The Kier molecular flexibility index (Phi) is 2.34. The molecule has 3 heteroatoms. The lowest BCUT2D eigenvalue weighted by Crippen LogP contribution is -2.71. The molecule has 0 radical (unpaired) electrons. The lowest BCUT2D eigenvalue weighted by atomic mass is 9.81. The molecule has 2 atom stereocenters. The first-order chi connectivity index (χ1) is 6.17. The van der Waals surface area contributed by atoms with Crippen molar-refractivity contribution in [2.45, 2.75) is 44.3 Å². The van der Waals surface area contributed by atoms with Crippen molar-refractivity contribution in [3.05, 3.63) is 0 Å². The van der Waals surface area contributed by atoms with E-state index in [1.54, 1.807) is 0 Å². The van der Waals surface area contributed by atoms with Gasteiger partial charge in [-0.2, -0.15) is 0 Å². The van der Waals surface area contributed by atoms with Crippen molar-refractivity contribution >= 4 is 0 Å². The van der Waals surface area contributed by atoms with Crippen LogP contribution >= 0.6 is 0 Å². The first kappa shape index (κ1) is 9.44. The Morgan fingerprint density at radius 1 is 1.62 bits per heavy atom. The standard InChI is InChI=1S/C10H20N2O/c1-8(2)12-6-10(7-13)4-3-9(12)5-11-10/h8-9,11,13H,3-7H2,1-2H3. The largest absolute Gasteiger partial charge is 0.394 e. The van der Waals surface area contributed by atoms with Crippen molar-refractivity contribution in [2.75, 3.05) is 19.7 Å². The van der Waals surface area contributed by atoms with Gasteiger partial charge in [0.05, 0.1) is 12.1 Å². The van der Waals surface area contributed by atoms with Crippen LogP contribution in [0.1, 0.15) is 26.7 Å². The molecule has 76 valence electrons. The number of piperidine rings is 2. The van der Waals surface area contributed by atoms with E-state index in [0.29, 0.717) is 12.1 Å². The number of nitrogens with zero attached hydrogens (tertiary/aromatic N) is 1. The highest BCUT2D eigenvalue weighted by Crippen LogP contribution is 2.31. The zero-order valence-corrected chi connectivity index (χ0v) is 8.58. The Balaban J connectivity index is 2.11. The summed E-state index contributed by atoms with van der Waals surface area (Å²) in [5.74, 6) is 0. The van der Waals surface area contributed by atoms with Gasteiger partial charge < -0.3 is 10.4 Å². The molecule has 2 unspecified atom stereocenters. The highest BCUT2D eigenvalue weighted by Gasteiger charge is 2.44. The second-order valence-corrected chi connectivity index (χ2v) is 4.78. The molecule has 3 aliphatic rings. The quantitative estimate of drug-likeness (QED) is 0.643. The number of piperazine rings is 1. The second-order valence-electron chi connectivity index (χ2n) is 4.78. The van der Waals surface area contributed by atoms with E-state index in [1.165, 1.54) is 6.42 Å². The van der Waals surface area contributed by atoms with Crippen LogP contribution in [0.25, 0.3) is 0 Å². The van der Waals surface area contributed by atoms with Gasteiger partial charge in [-0.25, -0.2) is 0 Å². The highest BCUT2D eigenvalue weighted by atomic mass is 16.3. The third kappa shape index (κ3) is 1.49. The molecule has 3 aliphatic heterocycles. The van der Waals surface area contributed by atoms with E-state index in [4.69, 9.17) is 0 Å². The van der Waals surface area contributed by atoms with Crippen LogP contribution in [0.3, 0.4) is 0 Å². The number of fused-ring (bicyclic) bond motifs is 3. The van der Waals surface area contributed by atoms with Crippen molar-refractivity contribution in [2.24, 2.45) is 0 Å². The molecular weight excluding hydrogens is 164 g/mol. The number of aliphatic hydroxyl groups is 1. The molecule has 0 aromatic carbocycles. The van der Waals surface area contributed by atoms with E-state index < -0.39 is 0 Å². The molecule has 0 spiro atoms. The molecule has 3 fully saturated rings. The first-order valence-electron chi connectivity index (χ1n) is 5.28. The molecule has 0 aromatic heterocycles. The van der Waals surface area contributed by atoms with Gasteiger partial charge in [-0.1, -0.05) is 0 Å². The predicted molar refractivity (Wildman–Crippen MR) is 52.7 cm³/mol. The van der Waals surface area contributed by atoms with Crippen LogP contribution in [0.15, 0.2) is 0 Å². The molecule has 3 nitrogen and oxygen atoms in total. The molecule has 0 amide bonds. The third-order valence-corrected chi connectivity index (χ3v) is 3.59. The van der Waals surface area contributed by atoms with Crippen LogP contribution in [0, 0.1) is 0 Å². The van der Waals surface area contributed by atoms with Crippen LogP contribution in [0.2, 0.25) is 0 Å². The average molecular weight is 184 g/mol. The zero-order chi connectivity index (χ0) is 9.47. The van der Waals surface area contributed by atoms with Crippen molar-refractivity contribution in [3.63, 3.8) is 0 Å². The summed E-state index contributed by atoms with van der Waals surface area (Å²) < 4.78 is 0. The lowest BCUT2D eigenvalue weighted by molar-refractivity contribution is -0.0266. The van der Waals surface area contributed by atoms with Crippen LogP contribution in [-0.4, -0.2) is 47.3 Å². The predicted octanol–water partition coefficient (Wildman–Crippen LogP) is 0.193. The minimum absolute atomic E-state index is 0.0129. The molecule has 3 rings (SSSR count). The van der Waals surface area contributed by atoms with Crippen LogP contribution in [-0.2, 0) is 0 Å². The van der Waals surface area contributed by atoms with Crippen LogP contribution in [0.5, 0.6) is 0 Å². The van der Waals surface area contributed by atoms with Crippen molar-refractivity contribution in [3.8, 4) is 0 Å².